The molecule has 0 radical (unpaired) electrons. The first-order valence-electron chi connectivity index (χ1n) is 11.7. The lowest BCUT2D eigenvalue weighted by atomic mass is 10.0. The van der Waals surface area contributed by atoms with Crippen molar-refractivity contribution < 1.29 is 18.7 Å². The van der Waals surface area contributed by atoms with Crippen LogP contribution in [0.5, 0.6) is 0 Å². The molecule has 0 saturated heterocycles. The number of nitrogens with zero attached hydrogens (tertiary/aromatic N) is 5. The third-order valence-electron chi connectivity index (χ3n) is 6.03. The number of alkyl halides is 2. The molecule has 0 bridgehead atoms. The summed E-state index contributed by atoms with van der Waals surface area (Å²) in [5.41, 5.74) is 3.72. The second kappa shape index (κ2) is 10.9. The Hall–Kier alpha value is -2.75. The van der Waals surface area contributed by atoms with Gasteiger partial charge >= 0.3 is 6.03 Å². The molecule has 182 valence electrons. The number of aliphatic hydroxyl groups is 1. The second-order valence-corrected chi connectivity index (χ2v) is 7.96. The Morgan fingerprint density at radius 3 is 2.70 bits per heavy atom. The molecule has 2 amide bonds. The number of aromatic nitrogens is 3. The Morgan fingerprint density at radius 1 is 1.27 bits per heavy atom. The van der Waals surface area contributed by atoms with Gasteiger partial charge in [-0.15, -0.1) is 0 Å². The summed E-state index contributed by atoms with van der Waals surface area (Å²) >= 11 is 0. The summed E-state index contributed by atoms with van der Waals surface area (Å²) in [6.07, 6.45) is 0.190. The molecule has 0 spiro atoms. The summed E-state index contributed by atoms with van der Waals surface area (Å²) in [6.45, 7) is 7.85. The molecule has 2 aliphatic rings. The van der Waals surface area contributed by atoms with Gasteiger partial charge in [-0.05, 0) is 32.3 Å². The van der Waals surface area contributed by atoms with Crippen LogP contribution in [0.3, 0.4) is 0 Å². The molecule has 0 atom stereocenters. The quantitative estimate of drug-likeness (QED) is 0.705. The molecule has 0 aliphatic carbocycles. The normalized spacial score (nSPS) is 15.0. The molecule has 2 aliphatic heterocycles. The van der Waals surface area contributed by atoms with Crippen molar-refractivity contribution in [3.63, 3.8) is 0 Å². The molecular formula is C23H34F2N6O2. The fourth-order valence-corrected chi connectivity index (χ4v) is 4.47. The number of aryl methyl sites for hydroxylation is 3. The third kappa shape index (κ3) is 4.95. The fourth-order valence-electron chi connectivity index (χ4n) is 4.47. The van der Waals surface area contributed by atoms with Gasteiger partial charge in [0.2, 0.25) is 0 Å². The highest BCUT2D eigenvalue weighted by Crippen LogP contribution is 2.39. The first-order chi connectivity index (χ1) is 15.9. The van der Waals surface area contributed by atoms with Crippen LogP contribution >= 0.6 is 0 Å². The van der Waals surface area contributed by atoms with Crippen molar-refractivity contribution in [3.05, 3.63) is 34.3 Å². The monoisotopic (exact) mass is 464 g/mol. The highest BCUT2D eigenvalue weighted by Gasteiger charge is 2.32. The van der Waals surface area contributed by atoms with Gasteiger partial charge < -0.3 is 20.2 Å². The number of hydrogen-bond donors (Lipinski definition) is 2. The topological polar surface area (TPSA) is 86.5 Å². The van der Waals surface area contributed by atoms with Gasteiger partial charge in [-0.3, -0.25) is 9.67 Å². The third-order valence-corrected chi connectivity index (χ3v) is 6.03. The predicted octanol–water partition coefficient (Wildman–Crippen LogP) is 3.71. The summed E-state index contributed by atoms with van der Waals surface area (Å²) in [5.74, 6) is 0.688. The lowest BCUT2D eigenvalue weighted by Crippen LogP contribution is -2.41. The van der Waals surface area contributed by atoms with E-state index in [0.29, 0.717) is 56.2 Å². The zero-order chi connectivity index (χ0) is 24.1. The van der Waals surface area contributed by atoms with E-state index in [2.05, 4.69) is 10.3 Å². The van der Waals surface area contributed by atoms with Crippen molar-refractivity contribution in [1.82, 2.24) is 25.0 Å². The second-order valence-electron chi connectivity index (χ2n) is 7.96. The Morgan fingerprint density at radius 2 is 2.03 bits per heavy atom. The van der Waals surface area contributed by atoms with Gasteiger partial charge in [0.05, 0.1) is 17.9 Å². The maximum atomic E-state index is 13.6. The van der Waals surface area contributed by atoms with Crippen LogP contribution in [0.1, 0.15) is 61.3 Å². The minimum Gasteiger partial charge on any atom is -0.396 e. The number of carbonyl (C=O) groups is 1. The number of nitrogens with one attached hydrogen (secondary N) is 1. The standard InChI is InChI=1S/C21H28F2N6O2.C2H6/c1-13-14(19(22)23)11-18-16(25-13)5-3-7-28(18)20-15-12-27(21(31)24-2)9-6-17(15)29(26-20)8-4-10-30;1-2/h11,19,30H,3-10,12H2,1-2H3,(H,24,31);1-2H3. The van der Waals surface area contributed by atoms with Gasteiger partial charge in [-0.25, -0.2) is 13.6 Å². The largest absolute Gasteiger partial charge is 0.396 e. The molecule has 0 fully saturated rings. The van der Waals surface area contributed by atoms with Crippen molar-refractivity contribution in [3.8, 4) is 0 Å². The number of hydrogen-bond acceptors (Lipinski definition) is 5. The maximum Gasteiger partial charge on any atom is 0.317 e. The van der Waals surface area contributed by atoms with Crippen LogP contribution in [0.4, 0.5) is 25.1 Å². The molecule has 33 heavy (non-hydrogen) atoms. The zero-order valence-corrected chi connectivity index (χ0v) is 19.9. The van der Waals surface area contributed by atoms with Crippen LogP contribution in [-0.2, 0) is 25.9 Å². The minimum atomic E-state index is -2.60. The number of rotatable bonds is 5. The molecule has 8 nitrogen and oxygen atoms in total. The van der Waals surface area contributed by atoms with E-state index in [-0.39, 0.29) is 18.2 Å². The van der Waals surface area contributed by atoms with Crippen molar-refractivity contribution in [2.45, 2.75) is 66.0 Å². The highest BCUT2D eigenvalue weighted by molar-refractivity contribution is 5.75. The lowest BCUT2D eigenvalue weighted by Gasteiger charge is -2.32. The first kappa shape index (κ1) is 24.9. The molecule has 0 saturated carbocycles. The minimum absolute atomic E-state index is 0.0574. The van der Waals surface area contributed by atoms with E-state index in [9.17, 15) is 18.7 Å². The van der Waals surface area contributed by atoms with Crippen LogP contribution in [0.2, 0.25) is 0 Å². The Balaban J connectivity index is 0.00000149. The number of carbonyl (C=O) groups excluding carboxylic acids is 1. The number of fused-ring (bicyclic) bond motifs is 2. The molecule has 10 heteroatoms. The molecule has 2 aromatic rings. The number of halogens is 2. The number of aliphatic hydroxyl groups excluding tert-OH is 1. The van der Waals surface area contributed by atoms with E-state index in [1.54, 1.807) is 24.9 Å². The molecular weight excluding hydrogens is 430 g/mol. The van der Waals surface area contributed by atoms with Crippen LogP contribution < -0.4 is 10.2 Å². The first-order valence-corrected chi connectivity index (χ1v) is 11.7. The zero-order valence-electron chi connectivity index (χ0n) is 19.9. The Kier molecular flexibility index (Phi) is 8.23. The van der Waals surface area contributed by atoms with Crippen LogP contribution in [0.15, 0.2) is 6.07 Å². The van der Waals surface area contributed by atoms with E-state index in [4.69, 9.17) is 5.10 Å². The van der Waals surface area contributed by atoms with Crippen LogP contribution in [-0.4, -0.2) is 57.5 Å². The SMILES string of the molecule is CC.CNC(=O)N1CCc2c(c(N3CCCc4nc(C)c(C(F)F)cc43)nn2CCCO)C1. The van der Waals surface area contributed by atoms with E-state index >= 15 is 0 Å². The summed E-state index contributed by atoms with van der Waals surface area (Å²) in [4.78, 5) is 20.4. The Labute approximate surface area is 193 Å². The highest BCUT2D eigenvalue weighted by atomic mass is 19.3. The van der Waals surface area contributed by atoms with Gasteiger partial charge in [-0.1, -0.05) is 13.8 Å². The predicted molar refractivity (Wildman–Crippen MR) is 123 cm³/mol. The van der Waals surface area contributed by atoms with Gasteiger partial charge in [0.15, 0.2) is 5.82 Å². The van der Waals surface area contributed by atoms with E-state index < -0.39 is 6.43 Å². The molecule has 2 aromatic heterocycles. The van der Waals surface area contributed by atoms with E-state index in [0.717, 1.165) is 29.8 Å². The molecule has 0 unspecified atom stereocenters. The number of pyridine rings is 1. The number of amides is 2. The van der Waals surface area contributed by atoms with Crippen LogP contribution in [0, 0.1) is 6.92 Å². The average molecular weight is 465 g/mol. The van der Waals surface area contributed by atoms with Crippen LogP contribution in [0.25, 0.3) is 0 Å². The van der Waals surface area contributed by atoms with Crippen molar-refractivity contribution >= 4 is 17.5 Å². The van der Waals surface area contributed by atoms with Gasteiger partial charge in [0, 0.05) is 62.2 Å². The Bertz CT molecular complexity index is 978. The van der Waals surface area contributed by atoms with Gasteiger partial charge in [0.25, 0.3) is 6.43 Å². The van der Waals surface area contributed by atoms with E-state index in [1.807, 2.05) is 23.4 Å². The smallest absolute Gasteiger partial charge is 0.317 e. The van der Waals surface area contributed by atoms with Gasteiger partial charge in [-0.2, -0.15) is 5.10 Å². The molecule has 4 heterocycles. The number of urea groups is 1. The van der Waals surface area contributed by atoms with Crippen molar-refractivity contribution in [2.24, 2.45) is 0 Å². The number of anilines is 2. The van der Waals surface area contributed by atoms with Crippen molar-refractivity contribution in [2.75, 3.05) is 31.6 Å². The average Bonchev–Trinajstić information content (AvgIpc) is 3.20. The maximum absolute atomic E-state index is 13.6. The molecule has 4 rings (SSSR count). The summed E-state index contributed by atoms with van der Waals surface area (Å²) in [7, 11) is 1.60. The molecule has 2 N–H and O–H groups in total. The fraction of sp³-hybridized carbons (Fsp3) is 0.609. The van der Waals surface area contributed by atoms with Gasteiger partial charge in [0.1, 0.15) is 0 Å². The summed E-state index contributed by atoms with van der Waals surface area (Å²) in [6, 6.07) is 1.39. The molecule has 0 aromatic carbocycles. The summed E-state index contributed by atoms with van der Waals surface area (Å²) in [5, 5.41) is 16.8. The lowest BCUT2D eigenvalue weighted by molar-refractivity contribution is 0.150. The van der Waals surface area contributed by atoms with E-state index in [1.165, 1.54) is 0 Å². The summed E-state index contributed by atoms with van der Waals surface area (Å²) < 4.78 is 29.0. The van der Waals surface area contributed by atoms with Crippen molar-refractivity contribution in [1.29, 1.82) is 0 Å².